The molecule has 2 aromatic carbocycles. The third-order valence-corrected chi connectivity index (χ3v) is 3.33. The standard InChI is InChI=1S/C17H16N2O4S/c1-23-14-4-2-3-12(10-14)16(22)19-17(24)18-13-7-5-11(6-8-13)9-15(20)21/h2-8,10H,9H2,1H3,(H,20,21)(H2,18,19,22,24). The van der Waals surface area contributed by atoms with Gasteiger partial charge in [0.05, 0.1) is 13.5 Å². The topological polar surface area (TPSA) is 87.7 Å². The lowest BCUT2D eigenvalue weighted by Crippen LogP contribution is -2.34. The zero-order valence-electron chi connectivity index (χ0n) is 12.9. The Bertz CT molecular complexity index is 759. The van der Waals surface area contributed by atoms with Crippen LogP contribution in [0.1, 0.15) is 15.9 Å². The highest BCUT2D eigenvalue weighted by Crippen LogP contribution is 2.13. The van der Waals surface area contributed by atoms with E-state index >= 15 is 0 Å². The summed E-state index contributed by atoms with van der Waals surface area (Å²) in [4.78, 5) is 22.8. The minimum Gasteiger partial charge on any atom is -0.497 e. The first-order chi connectivity index (χ1) is 11.5. The molecule has 6 nitrogen and oxygen atoms in total. The Morgan fingerprint density at radius 1 is 1.17 bits per heavy atom. The first kappa shape index (κ1) is 17.4. The molecule has 0 unspecified atom stereocenters. The Labute approximate surface area is 144 Å². The van der Waals surface area contributed by atoms with Gasteiger partial charge in [-0.05, 0) is 48.1 Å². The van der Waals surface area contributed by atoms with Crippen molar-refractivity contribution >= 4 is 34.9 Å². The highest BCUT2D eigenvalue weighted by atomic mass is 32.1. The summed E-state index contributed by atoms with van der Waals surface area (Å²) in [5.74, 6) is -0.666. The number of aliphatic carboxylic acids is 1. The molecule has 0 radical (unpaired) electrons. The second kappa shape index (κ2) is 8.07. The number of carbonyl (C=O) groups is 2. The molecule has 0 aliphatic carbocycles. The second-order valence-corrected chi connectivity index (χ2v) is 5.32. The quantitative estimate of drug-likeness (QED) is 0.722. The molecular formula is C17H16N2O4S. The van der Waals surface area contributed by atoms with Gasteiger partial charge in [0.15, 0.2) is 5.11 Å². The zero-order chi connectivity index (χ0) is 17.5. The van der Waals surface area contributed by atoms with E-state index in [1.54, 1.807) is 48.5 Å². The smallest absolute Gasteiger partial charge is 0.307 e. The van der Waals surface area contributed by atoms with Crippen LogP contribution >= 0.6 is 12.2 Å². The Morgan fingerprint density at radius 2 is 1.88 bits per heavy atom. The number of anilines is 1. The van der Waals surface area contributed by atoms with Crippen molar-refractivity contribution in [1.29, 1.82) is 0 Å². The van der Waals surface area contributed by atoms with Gasteiger partial charge in [0.2, 0.25) is 0 Å². The van der Waals surface area contributed by atoms with Crippen LogP contribution in [-0.4, -0.2) is 29.2 Å². The van der Waals surface area contributed by atoms with Gasteiger partial charge >= 0.3 is 5.97 Å². The van der Waals surface area contributed by atoms with Crippen LogP contribution in [0.15, 0.2) is 48.5 Å². The lowest BCUT2D eigenvalue weighted by Gasteiger charge is -2.10. The van der Waals surface area contributed by atoms with Crippen LogP contribution < -0.4 is 15.4 Å². The van der Waals surface area contributed by atoms with Gasteiger partial charge in [-0.15, -0.1) is 0 Å². The number of thiocarbonyl (C=S) groups is 1. The summed E-state index contributed by atoms with van der Waals surface area (Å²) >= 11 is 5.11. The van der Waals surface area contributed by atoms with Gasteiger partial charge < -0.3 is 15.2 Å². The molecule has 1 amide bonds. The molecule has 0 aliphatic heterocycles. The van der Waals surface area contributed by atoms with Crippen LogP contribution in [0.25, 0.3) is 0 Å². The Morgan fingerprint density at radius 3 is 2.50 bits per heavy atom. The van der Waals surface area contributed by atoms with Crippen molar-refractivity contribution in [2.45, 2.75) is 6.42 Å². The number of hydrogen-bond acceptors (Lipinski definition) is 4. The van der Waals surface area contributed by atoms with Crippen LogP contribution in [0.5, 0.6) is 5.75 Å². The first-order valence-electron chi connectivity index (χ1n) is 7.05. The zero-order valence-corrected chi connectivity index (χ0v) is 13.7. The number of methoxy groups -OCH3 is 1. The number of amides is 1. The molecule has 2 aromatic rings. The summed E-state index contributed by atoms with van der Waals surface area (Å²) in [5.41, 5.74) is 1.76. The summed E-state index contributed by atoms with van der Waals surface area (Å²) < 4.78 is 5.07. The van der Waals surface area contributed by atoms with Crippen LogP contribution in [0.2, 0.25) is 0 Å². The van der Waals surface area contributed by atoms with Gasteiger partial charge in [0.1, 0.15) is 5.75 Å². The third-order valence-electron chi connectivity index (χ3n) is 3.13. The van der Waals surface area contributed by atoms with E-state index in [9.17, 15) is 9.59 Å². The number of ether oxygens (including phenoxy) is 1. The van der Waals surface area contributed by atoms with Gasteiger partial charge in [-0.3, -0.25) is 14.9 Å². The van der Waals surface area contributed by atoms with Crippen LogP contribution in [0.4, 0.5) is 5.69 Å². The summed E-state index contributed by atoms with van der Waals surface area (Å²) in [5, 5.41) is 14.3. The van der Waals surface area contributed by atoms with Gasteiger partial charge in [-0.1, -0.05) is 18.2 Å². The number of nitrogens with one attached hydrogen (secondary N) is 2. The van der Waals surface area contributed by atoms with Crippen LogP contribution in [0.3, 0.4) is 0 Å². The number of carbonyl (C=O) groups excluding carboxylic acids is 1. The highest BCUT2D eigenvalue weighted by molar-refractivity contribution is 7.80. The molecule has 24 heavy (non-hydrogen) atoms. The lowest BCUT2D eigenvalue weighted by molar-refractivity contribution is -0.136. The van der Waals surface area contributed by atoms with Gasteiger partial charge in [-0.25, -0.2) is 0 Å². The summed E-state index contributed by atoms with van der Waals surface area (Å²) in [6.45, 7) is 0. The molecule has 2 rings (SSSR count). The van der Waals surface area contributed by atoms with E-state index in [2.05, 4.69) is 10.6 Å². The predicted octanol–water partition coefficient (Wildman–Crippen LogP) is 2.45. The van der Waals surface area contributed by atoms with Crippen molar-refractivity contribution < 1.29 is 19.4 Å². The van der Waals surface area contributed by atoms with E-state index in [0.717, 1.165) is 0 Å². The Balaban J connectivity index is 1.94. The fourth-order valence-electron chi connectivity index (χ4n) is 1.98. The van der Waals surface area contributed by atoms with Crippen molar-refractivity contribution in [3.05, 3.63) is 59.7 Å². The number of carboxylic acid groups (broad SMARTS) is 1. The van der Waals surface area contributed by atoms with Crippen LogP contribution in [0, 0.1) is 0 Å². The fourth-order valence-corrected chi connectivity index (χ4v) is 2.19. The maximum absolute atomic E-state index is 12.1. The minimum atomic E-state index is -0.892. The summed E-state index contributed by atoms with van der Waals surface area (Å²) in [7, 11) is 1.53. The monoisotopic (exact) mass is 344 g/mol. The number of hydrogen-bond donors (Lipinski definition) is 3. The maximum Gasteiger partial charge on any atom is 0.307 e. The molecule has 0 atom stereocenters. The predicted molar refractivity (Wildman–Crippen MR) is 94.5 cm³/mol. The Hall–Kier alpha value is -2.93. The van der Waals surface area contributed by atoms with E-state index < -0.39 is 5.97 Å². The second-order valence-electron chi connectivity index (χ2n) is 4.91. The van der Waals surface area contributed by atoms with Crippen LogP contribution in [-0.2, 0) is 11.2 Å². The lowest BCUT2D eigenvalue weighted by atomic mass is 10.1. The van der Waals surface area contributed by atoms with Crippen molar-refractivity contribution in [2.24, 2.45) is 0 Å². The van der Waals surface area contributed by atoms with Crippen molar-refractivity contribution in [1.82, 2.24) is 5.32 Å². The Kier molecular flexibility index (Phi) is 5.86. The average molecular weight is 344 g/mol. The molecule has 3 N–H and O–H groups in total. The molecule has 0 aliphatic rings. The number of rotatable bonds is 5. The molecule has 0 bridgehead atoms. The molecule has 124 valence electrons. The van der Waals surface area contributed by atoms with Crippen molar-refractivity contribution in [3.8, 4) is 5.75 Å². The first-order valence-corrected chi connectivity index (χ1v) is 7.46. The van der Waals surface area contributed by atoms with Crippen molar-refractivity contribution in [3.63, 3.8) is 0 Å². The van der Waals surface area contributed by atoms with Crippen molar-refractivity contribution in [2.75, 3.05) is 12.4 Å². The molecule has 0 fully saturated rings. The van der Waals surface area contributed by atoms with E-state index in [1.807, 2.05) is 0 Å². The average Bonchev–Trinajstić information content (AvgIpc) is 2.56. The molecule has 0 saturated heterocycles. The van der Waals surface area contributed by atoms with Gasteiger partial charge in [-0.2, -0.15) is 0 Å². The molecular weight excluding hydrogens is 328 g/mol. The number of benzene rings is 2. The third kappa shape index (κ3) is 5.06. The number of carboxylic acids is 1. The maximum atomic E-state index is 12.1. The largest absolute Gasteiger partial charge is 0.497 e. The van der Waals surface area contributed by atoms with E-state index in [4.69, 9.17) is 22.1 Å². The van der Waals surface area contributed by atoms with Gasteiger partial charge in [0, 0.05) is 11.3 Å². The normalized spacial score (nSPS) is 9.88. The van der Waals surface area contributed by atoms with E-state index in [0.29, 0.717) is 22.6 Å². The SMILES string of the molecule is COc1cccc(C(=O)NC(=S)Nc2ccc(CC(=O)O)cc2)c1. The summed E-state index contributed by atoms with van der Waals surface area (Å²) in [6.07, 6.45) is -0.0443. The molecule has 0 aromatic heterocycles. The molecule has 0 spiro atoms. The minimum absolute atomic E-state index is 0.0443. The fraction of sp³-hybridized carbons (Fsp3) is 0.118. The van der Waals surface area contributed by atoms with Gasteiger partial charge in [0.25, 0.3) is 5.91 Å². The molecule has 0 heterocycles. The van der Waals surface area contributed by atoms with E-state index in [1.165, 1.54) is 7.11 Å². The summed E-state index contributed by atoms with van der Waals surface area (Å²) in [6, 6.07) is 13.5. The molecule has 0 saturated carbocycles. The molecule has 7 heteroatoms. The van der Waals surface area contributed by atoms with E-state index in [-0.39, 0.29) is 17.4 Å². The highest BCUT2D eigenvalue weighted by Gasteiger charge is 2.09.